The van der Waals surface area contributed by atoms with Crippen LogP contribution in [0.1, 0.15) is 25.7 Å². The molecule has 3 N–H and O–H groups in total. The molecule has 0 bridgehead atoms. The van der Waals surface area contributed by atoms with E-state index in [0.717, 1.165) is 50.9 Å². The van der Waals surface area contributed by atoms with Crippen LogP contribution in [0.25, 0.3) is 0 Å². The van der Waals surface area contributed by atoms with E-state index >= 15 is 0 Å². The first-order valence-electron chi connectivity index (χ1n) is 11.3. The maximum absolute atomic E-state index is 14.9. The molecule has 2 heterocycles. The third-order valence-electron chi connectivity index (χ3n) is 7.28. The molecule has 1 aromatic heterocycles. The topological polar surface area (TPSA) is 107 Å². The zero-order valence-electron chi connectivity index (χ0n) is 18.0. The van der Waals surface area contributed by atoms with Crippen molar-refractivity contribution in [3.8, 4) is 0 Å². The third-order valence-corrected chi connectivity index (χ3v) is 8.96. The summed E-state index contributed by atoms with van der Waals surface area (Å²) in [5, 5.41) is 13.0. The second kappa shape index (κ2) is 8.98. The first kappa shape index (κ1) is 22.8. The van der Waals surface area contributed by atoms with Crippen LogP contribution in [0.2, 0.25) is 5.02 Å². The highest BCUT2D eigenvalue weighted by molar-refractivity contribution is 7.92. The van der Waals surface area contributed by atoms with Gasteiger partial charge in [-0.25, -0.2) is 22.8 Å². The number of anilines is 2. The number of sulfonamides is 1. The summed E-state index contributed by atoms with van der Waals surface area (Å²) >= 11 is 6.42. The molecule has 1 aromatic carbocycles. The first-order chi connectivity index (χ1) is 15.9. The molecule has 3 aliphatic rings. The van der Waals surface area contributed by atoms with Crippen molar-refractivity contribution in [2.45, 2.75) is 42.7 Å². The number of benzene rings is 1. The Labute approximate surface area is 197 Å². The van der Waals surface area contributed by atoms with E-state index in [1.807, 2.05) is 0 Å². The summed E-state index contributed by atoms with van der Waals surface area (Å²) in [6.07, 6.45) is 6.79. The average molecular weight is 496 g/mol. The molecule has 8 nitrogen and oxygen atoms in total. The molecule has 178 valence electrons. The fourth-order valence-corrected chi connectivity index (χ4v) is 6.91. The van der Waals surface area contributed by atoms with Crippen molar-refractivity contribution >= 4 is 33.1 Å². The number of halogens is 2. The van der Waals surface area contributed by atoms with Gasteiger partial charge in [0.2, 0.25) is 0 Å². The zero-order chi connectivity index (χ0) is 23.2. The van der Waals surface area contributed by atoms with Crippen LogP contribution in [-0.4, -0.2) is 60.2 Å². The maximum atomic E-state index is 14.9. The van der Waals surface area contributed by atoms with E-state index in [4.69, 9.17) is 11.6 Å². The smallest absolute Gasteiger partial charge is 0.266 e. The molecule has 3 fully saturated rings. The van der Waals surface area contributed by atoms with Crippen molar-refractivity contribution < 1.29 is 17.9 Å². The number of aliphatic hydroxyl groups is 1. The van der Waals surface area contributed by atoms with Crippen molar-refractivity contribution in [2.24, 2.45) is 17.8 Å². The van der Waals surface area contributed by atoms with Gasteiger partial charge in [0.25, 0.3) is 10.0 Å². The van der Waals surface area contributed by atoms with Gasteiger partial charge in [0.1, 0.15) is 22.9 Å². The normalized spacial score (nSPS) is 29.5. The quantitative estimate of drug-likeness (QED) is 0.542. The highest BCUT2D eigenvalue weighted by Gasteiger charge is 2.56. The van der Waals surface area contributed by atoms with E-state index in [1.165, 1.54) is 18.6 Å². The largest absolute Gasteiger partial charge is 0.396 e. The van der Waals surface area contributed by atoms with Gasteiger partial charge in [-0.05, 0) is 48.8 Å². The maximum Gasteiger partial charge on any atom is 0.266 e. The predicted octanol–water partition coefficient (Wildman–Crippen LogP) is 2.96. The SMILES string of the molecule is O=S(=O)(Nc1ccncn1)c1cc(Cl)c(N[C@H]2CCCC[C@@H]2N2CC3C(CO)[C@H]3C2)cc1F. The number of nitrogens with one attached hydrogen (secondary N) is 2. The van der Waals surface area contributed by atoms with Gasteiger partial charge in [0.15, 0.2) is 0 Å². The second-order valence-electron chi connectivity index (χ2n) is 9.19. The summed E-state index contributed by atoms with van der Waals surface area (Å²) in [5.74, 6) is 0.783. The summed E-state index contributed by atoms with van der Waals surface area (Å²) in [6, 6.07) is 4.08. The van der Waals surface area contributed by atoms with Gasteiger partial charge in [-0.1, -0.05) is 24.4 Å². The van der Waals surface area contributed by atoms with Crippen molar-refractivity contribution in [3.05, 3.63) is 41.6 Å². The summed E-state index contributed by atoms with van der Waals surface area (Å²) < 4.78 is 42.5. The van der Waals surface area contributed by atoms with Gasteiger partial charge in [-0.3, -0.25) is 9.62 Å². The number of hydrogen-bond acceptors (Lipinski definition) is 7. The predicted molar refractivity (Wildman–Crippen MR) is 123 cm³/mol. The van der Waals surface area contributed by atoms with Crippen LogP contribution in [0.15, 0.2) is 35.6 Å². The number of aliphatic hydroxyl groups excluding tert-OH is 1. The molecule has 0 spiro atoms. The molecule has 2 unspecified atom stereocenters. The van der Waals surface area contributed by atoms with Crippen LogP contribution in [0.5, 0.6) is 0 Å². The average Bonchev–Trinajstić information content (AvgIpc) is 3.27. The Balaban J connectivity index is 1.32. The van der Waals surface area contributed by atoms with Crippen LogP contribution in [-0.2, 0) is 10.0 Å². The Morgan fingerprint density at radius 3 is 2.67 bits per heavy atom. The number of aromatic nitrogens is 2. The molecule has 33 heavy (non-hydrogen) atoms. The molecule has 0 amide bonds. The van der Waals surface area contributed by atoms with E-state index in [-0.39, 0.29) is 23.5 Å². The van der Waals surface area contributed by atoms with Crippen molar-refractivity contribution in [1.29, 1.82) is 0 Å². The molecule has 1 saturated heterocycles. The highest BCUT2D eigenvalue weighted by Crippen LogP contribution is 2.52. The van der Waals surface area contributed by atoms with Crippen LogP contribution in [0, 0.1) is 23.6 Å². The molecule has 2 saturated carbocycles. The minimum atomic E-state index is -4.21. The molecule has 2 aliphatic carbocycles. The van der Waals surface area contributed by atoms with Gasteiger partial charge in [0.05, 0.1) is 10.7 Å². The van der Waals surface area contributed by atoms with Gasteiger partial charge in [-0.2, -0.15) is 0 Å². The minimum absolute atomic E-state index is 0.0415. The third kappa shape index (κ3) is 4.53. The lowest BCUT2D eigenvalue weighted by Gasteiger charge is -2.40. The number of piperidine rings is 1. The van der Waals surface area contributed by atoms with E-state index < -0.39 is 20.7 Å². The Morgan fingerprint density at radius 2 is 1.97 bits per heavy atom. The Kier molecular flexibility index (Phi) is 6.19. The summed E-state index contributed by atoms with van der Waals surface area (Å²) in [4.78, 5) is 9.50. The van der Waals surface area contributed by atoms with Crippen LogP contribution >= 0.6 is 11.6 Å². The van der Waals surface area contributed by atoms with E-state index in [1.54, 1.807) is 0 Å². The summed E-state index contributed by atoms with van der Waals surface area (Å²) in [6.45, 7) is 2.26. The molecule has 1 aliphatic heterocycles. The van der Waals surface area contributed by atoms with Crippen LogP contribution < -0.4 is 10.0 Å². The zero-order valence-corrected chi connectivity index (χ0v) is 19.6. The van der Waals surface area contributed by atoms with Gasteiger partial charge in [-0.15, -0.1) is 0 Å². The van der Waals surface area contributed by atoms with Crippen LogP contribution in [0.4, 0.5) is 15.9 Å². The second-order valence-corrected chi connectivity index (χ2v) is 11.3. The number of likely N-dealkylation sites (tertiary alicyclic amines) is 1. The monoisotopic (exact) mass is 495 g/mol. The number of rotatable bonds is 7. The first-order valence-corrected chi connectivity index (χ1v) is 13.1. The molecular formula is C22H27ClFN5O3S. The lowest BCUT2D eigenvalue weighted by Crippen LogP contribution is -2.49. The van der Waals surface area contributed by atoms with E-state index in [9.17, 15) is 17.9 Å². The Hall–Kier alpha value is -2.01. The molecule has 5 atom stereocenters. The van der Waals surface area contributed by atoms with Gasteiger partial charge in [0, 0.05) is 38.0 Å². The van der Waals surface area contributed by atoms with Gasteiger partial charge < -0.3 is 10.4 Å². The molecule has 0 radical (unpaired) electrons. The lowest BCUT2D eigenvalue weighted by atomic mass is 9.88. The fraction of sp³-hybridized carbons (Fsp3) is 0.545. The van der Waals surface area contributed by atoms with E-state index in [0.29, 0.717) is 29.5 Å². The van der Waals surface area contributed by atoms with Crippen molar-refractivity contribution in [1.82, 2.24) is 14.9 Å². The molecule has 2 aromatic rings. The molecular weight excluding hydrogens is 469 g/mol. The molecule has 11 heteroatoms. The van der Waals surface area contributed by atoms with Crippen LogP contribution in [0.3, 0.4) is 0 Å². The fourth-order valence-electron chi connectivity index (χ4n) is 5.53. The Morgan fingerprint density at radius 1 is 1.21 bits per heavy atom. The molecule has 5 rings (SSSR count). The van der Waals surface area contributed by atoms with Crippen molar-refractivity contribution in [2.75, 3.05) is 29.7 Å². The Bertz CT molecular complexity index is 1110. The number of fused-ring (bicyclic) bond motifs is 1. The number of hydrogen-bond donors (Lipinski definition) is 3. The number of nitrogens with zero attached hydrogens (tertiary/aromatic N) is 3. The minimum Gasteiger partial charge on any atom is -0.396 e. The lowest BCUT2D eigenvalue weighted by molar-refractivity contribution is 0.142. The summed E-state index contributed by atoms with van der Waals surface area (Å²) in [7, 11) is -4.21. The van der Waals surface area contributed by atoms with Gasteiger partial charge >= 0.3 is 0 Å². The van der Waals surface area contributed by atoms with E-state index in [2.05, 4.69) is 24.9 Å². The summed E-state index contributed by atoms with van der Waals surface area (Å²) in [5.41, 5.74) is 0.393. The van der Waals surface area contributed by atoms with Crippen molar-refractivity contribution in [3.63, 3.8) is 0 Å². The highest BCUT2D eigenvalue weighted by atomic mass is 35.5. The standard InChI is InChI=1S/C22H27ClFN5O3S/c23-16-7-21(33(31,32)28-22-5-6-25-12-26-22)17(24)8-19(16)27-18-3-1-2-4-20(18)29-9-13-14(10-29)15(13)11-30/h5-8,12-15,18,20,27,30H,1-4,9-11H2,(H,25,26,28)/t13-,14?,15?,18-,20-/m0/s1.